The Hall–Kier alpha value is -1.46. The number of piperidine rings is 1. The molecule has 1 aromatic carbocycles. The average Bonchev–Trinajstić information content (AvgIpc) is 2.45. The maximum Gasteiger partial charge on any atom is 0.322 e. The number of carbonyl (C=O) groups is 1. The number of hydrogen-bond acceptors (Lipinski definition) is 3. The number of ether oxygens (including phenoxy) is 1. The van der Waals surface area contributed by atoms with Gasteiger partial charge in [-0.1, -0.05) is 24.6 Å². The number of likely N-dealkylation sites (tertiary alicyclic amines) is 1. The molecule has 1 fully saturated rings. The van der Waals surface area contributed by atoms with E-state index in [0.717, 1.165) is 6.42 Å². The molecule has 1 aliphatic heterocycles. The van der Waals surface area contributed by atoms with Crippen LogP contribution in [0, 0.1) is 5.92 Å². The summed E-state index contributed by atoms with van der Waals surface area (Å²) >= 11 is 6.09. The minimum absolute atomic E-state index is 0.221. The Kier molecular flexibility index (Phi) is 5.31. The molecule has 0 radical (unpaired) electrons. The predicted octanol–water partition coefficient (Wildman–Crippen LogP) is 2.97. The topological polar surface area (TPSA) is 61.8 Å². The zero-order valence-corrected chi connectivity index (χ0v) is 13.1. The van der Waals surface area contributed by atoms with E-state index in [0.29, 0.717) is 36.2 Å². The van der Waals surface area contributed by atoms with Crippen molar-refractivity contribution in [1.82, 2.24) is 4.90 Å². The Morgan fingerprint density at radius 1 is 1.57 bits per heavy atom. The van der Waals surface area contributed by atoms with Crippen LogP contribution in [0.25, 0.3) is 0 Å². The third kappa shape index (κ3) is 3.80. The van der Waals surface area contributed by atoms with Crippen molar-refractivity contribution in [3.05, 3.63) is 23.2 Å². The highest BCUT2D eigenvalue weighted by Crippen LogP contribution is 2.33. The summed E-state index contributed by atoms with van der Waals surface area (Å²) in [5.74, 6) is 0.695. The molecule has 6 heteroatoms. The first kappa shape index (κ1) is 15.9. The number of anilines is 1. The van der Waals surface area contributed by atoms with Gasteiger partial charge < -0.3 is 20.1 Å². The number of carbonyl (C=O) groups excluding carboxylic acids is 1. The van der Waals surface area contributed by atoms with Crippen molar-refractivity contribution in [2.24, 2.45) is 5.92 Å². The first-order valence-corrected chi connectivity index (χ1v) is 7.56. The molecular formula is C15H21ClN2O3. The highest BCUT2D eigenvalue weighted by Gasteiger charge is 2.27. The van der Waals surface area contributed by atoms with Gasteiger partial charge in [-0.2, -0.15) is 0 Å². The van der Waals surface area contributed by atoms with Gasteiger partial charge in [-0.25, -0.2) is 4.79 Å². The van der Waals surface area contributed by atoms with Crippen LogP contribution >= 0.6 is 11.6 Å². The molecule has 0 saturated carbocycles. The van der Waals surface area contributed by atoms with Gasteiger partial charge in [-0.3, -0.25) is 0 Å². The number of para-hydroxylation sites is 1. The summed E-state index contributed by atoms with van der Waals surface area (Å²) in [6, 6.07) is 4.98. The quantitative estimate of drug-likeness (QED) is 0.902. The van der Waals surface area contributed by atoms with E-state index in [4.69, 9.17) is 16.3 Å². The highest BCUT2D eigenvalue weighted by molar-refractivity contribution is 6.32. The van der Waals surface area contributed by atoms with E-state index in [2.05, 4.69) is 5.32 Å². The second-order valence-corrected chi connectivity index (χ2v) is 5.67. The Bertz CT molecular complexity index is 510. The first-order valence-electron chi connectivity index (χ1n) is 7.18. The molecule has 1 heterocycles. The Morgan fingerprint density at radius 3 is 3.00 bits per heavy atom. The van der Waals surface area contributed by atoms with Crippen molar-refractivity contribution in [2.75, 3.05) is 25.0 Å². The number of benzene rings is 1. The summed E-state index contributed by atoms with van der Waals surface area (Å²) in [5, 5.41) is 13.1. The molecule has 0 bridgehead atoms. The van der Waals surface area contributed by atoms with Gasteiger partial charge in [0.25, 0.3) is 0 Å². The molecule has 0 aliphatic carbocycles. The monoisotopic (exact) mass is 312 g/mol. The van der Waals surface area contributed by atoms with E-state index in [9.17, 15) is 9.90 Å². The van der Waals surface area contributed by atoms with Gasteiger partial charge in [0, 0.05) is 13.1 Å². The number of amides is 2. The van der Waals surface area contributed by atoms with Crippen LogP contribution in [0.2, 0.25) is 5.02 Å². The molecule has 0 spiro atoms. The second kappa shape index (κ2) is 7.00. The van der Waals surface area contributed by atoms with Crippen molar-refractivity contribution in [3.8, 4) is 5.75 Å². The summed E-state index contributed by atoms with van der Waals surface area (Å²) in [6.07, 6.45) is 0.317. The molecule has 2 atom stereocenters. The lowest BCUT2D eigenvalue weighted by atomic mass is 9.96. The normalized spacial score (nSPS) is 22.0. The number of β-amino-alcohol motifs (C(OH)–C–C–N with tert-alkyl or cyclic N) is 1. The number of nitrogens with zero attached hydrogens (tertiary/aromatic N) is 1. The van der Waals surface area contributed by atoms with E-state index < -0.39 is 6.10 Å². The molecule has 1 saturated heterocycles. The van der Waals surface area contributed by atoms with E-state index >= 15 is 0 Å². The number of rotatable bonds is 3. The number of halogens is 1. The molecule has 5 nitrogen and oxygen atoms in total. The van der Waals surface area contributed by atoms with Crippen LogP contribution in [-0.2, 0) is 0 Å². The third-order valence-electron chi connectivity index (χ3n) is 3.70. The number of urea groups is 1. The first-order chi connectivity index (χ1) is 10.0. The zero-order valence-electron chi connectivity index (χ0n) is 12.3. The molecule has 2 rings (SSSR count). The predicted molar refractivity (Wildman–Crippen MR) is 83.0 cm³/mol. The molecule has 1 aliphatic rings. The fraction of sp³-hybridized carbons (Fsp3) is 0.533. The van der Waals surface area contributed by atoms with Gasteiger partial charge in [0.15, 0.2) is 5.75 Å². The lowest BCUT2D eigenvalue weighted by molar-refractivity contribution is 0.0463. The van der Waals surface area contributed by atoms with Gasteiger partial charge >= 0.3 is 6.03 Å². The lowest BCUT2D eigenvalue weighted by Crippen LogP contribution is -2.47. The van der Waals surface area contributed by atoms with Crippen LogP contribution in [-0.4, -0.2) is 41.8 Å². The largest absolute Gasteiger partial charge is 0.490 e. The van der Waals surface area contributed by atoms with Crippen LogP contribution in [0.1, 0.15) is 20.3 Å². The van der Waals surface area contributed by atoms with Crippen molar-refractivity contribution in [3.63, 3.8) is 0 Å². The summed E-state index contributed by atoms with van der Waals surface area (Å²) in [4.78, 5) is 13.9. The number of aliphatic hydroxyl groups excluding tert-OH is 1. The molecule has 2 unspecified atom stereocenters. The fourth-order valence-electron chi connectivity index (χ4n) is 2.33. The maximum atomic E-state index is 12.3. The number of nitrogens with one attached hydrogen (secondary N) is 1. The maximum absolute atomic E-state index is 12.3. The van der Waals surface area contributed by atoms with Gasteiger partial charge in [0.1, 0.15) is 0 Å². The van der Waals surface area contributed by atoms with Crippen LogP contribution in [0.3, 0.4) is 0 Å². The van der Waals surface area contributed by atoms with Crippen molar-refractivity contribution in [1.29, 1.82) is 0 Å². The molecule has 2 N–H and O–H groups in total. The smallest absolute Gasteiger partial charge is 0.322 e. The Labute approximate surface area is 129 Å². The highest BCUT2D eigenvalue weighted by atomic mass is 35.5. The van der Waals surface area contributed by atoms with Crippen LogP contribution in [0.5, 0.6) is 5.75 Å². The van der Waals surface area contributed by atoms with Gasteiger partial charge in [0.2, 0.25) is 0 Å². The lowest BCUT2D eigenvalue weighted by Gasteiger charge is -2.34. The standard InChI is InChI=1S/C15H21ClN2O3/c1-3-21-14-11(16)5-4-6-12(14)17-15(20)18-8-7-10(2)13(19)9-18/h4-6,10,13,19H,3,7-9H2,1-2H3,(H,17,20). The minimum atomic E-state index is -0.477. The zero-order chi connectivity index (χ0) is 15.4. The van der Waals surface area contributed by atoms with Crippen LogP contribution < -0.4 is 10.1 Å². The molecular weight excluding hydrogens is 292 g/mol. The second-order valence-electron chi connectivity index (χ2n) is 5.26. The van der Waals surface area contributed by atoms with Crippen molar-refractivity contribution >= 4 is 23.3 Å². The van der Waals surface area contributed by atoms with Gasteiger partial charge in [-0.05, 0) is 31.4 Å². The van der Waals surface area contributed by atoms with Crippen LogP contribution in [0.4, 0.5) is 10.5 Å². The summed E-state index contributed by atoms with van der Waals surface area (Å²) in [7, 11) is 0. The molecule has 1 aromatic rings. The third-order valence-corrected chi connectivity index (χ3v) is 4.00. The van der Waals surface area contributed by atoms with Gasteiger partial charge in [-0.15, -0.1) is 0 Å². The SMILES string of the molecule is CCOc1c(Cl)cccc1NC(=O)N1CCC(C)C(O)C1. The number of hydrogen-bond donors (Lipinski definition) is 2. The Balaban J connectivity index is 2.08. The summed E-state index contributed by atoms with van der Waals surface area (Å²) in [5.41, 5.74) is 0.544. The Morgan fingerprint density at radius 2 is 2.33 bits per heavy atom. The van der Waals surface area contributed by atoms with Gasteiger partial charge in [0.05, 0.1) is 23.4 Å². The molecule has 2 amide bonds. The number of aliphatic hydroxyl groups is 1. The molecule has 21 heavy (non-hydrogen) atoms. The van der Waals surface area contributed by atoms with E-state index in [1.807, 2.05) is 13.8 Å². The van der Waals surface area contributed by atoms with E-state index in [1.54, 1.807) is 23.1 Å². The molecule has 116 valence electrons. The fourth-order valence-corrected chi connectivity index (χ4v) is 2.56. The summed E-state index contributed by atoms with van der Waals surface area (Å²) < 4.78 is 5.48. The average molecular weight is 313 g/mol. The van der Waals surface area contributed by atoms with Crippen molar-refractivity contribution in [2.45, 2.75) is 26.4 Å². The summed E-state index contributed by atoms with van der Waals surface area (Å²) in [6.45, 7) is 5.29. The van der Waals surface area contributed by atoms with Crippen LogP contribution in [0.15, 0.2) is 18.2 Å². The minimum Gasteiger partial charge on any atom is -0.490 e. The van der Waals surface area contributed by atoms with Crippen molar-refractivity contribution < 1.29 is 14.6 Å². The van der Waals surface area contributed by atoms with E-state index in [1.165, 1.54) is 0 Å². The van der Waals surface area contributed by atoms with E-state index in [-0.39, 0.29) is 11.9 Å². The molecule has 0 aromatic heterocycles.